The molecule has 0 atom stereocenters. The Kier molecular flexibility index (Phi) is 9.68. The van der Waals surface area contributed by atoms with Crippen molar-refractivity contribution in [1.29, 1.82) is 0 Å². The SMILES string of the molecule is CCS(=O)(=O)N(C)C1CCN(C2CCN(C(=O)c3ncnc(CCc4ccc(Cl)c(Cl)c4)c3C)CC2)CC1. The van der Waals surface area contributed by atoms with E-state index in [9.17, 15) is 13.2 Å². The molecule has 0 bridgehead atoms. The van der Waals surface area contributed by atoms with E-state index in [0.29, 0.717) is 41.3 Å². The van der Waals surface area contributed by atoms with Crippen molar-refractivity contribution in [2.75, 3.05) is 39.0 Å². The molecule has 0 N–H and O–H groups in total. The van der Waals surface area contributed by atoms with Gasteiger partial charge in [-0.15, -0.1) is 0 Å². The number of aryl methyl sites for hydroxylation is 2. The van der Waals surface area contributed by atoms with Crippen LogP contribution >= 0.6 is 23.2 Å². The summed E-state index contributed by atoms with van der Waals surface area (Å²) in [6.45, 7) is 6.77. The smallest absolute Gasteiger partial charge is 0.272 e. The molecular formula is C27H37Cl2N5O3S. The Morgan fingerprint density at radius 1 is 1.03 bits per heavy atom. The van der Waals surface area contributed by atoms with Crippen LogP contribution < -0.4 is 0 Å². The number of piperidine rings is 2. The molecule has 0 spiro atoms. The Morgan fingerprint density at radius 3 is 2.34 bits per heavy atom. The zero-order chi connectivity index (χ0) is 27.4. The summed E-state index contributed by atoms with van der Waals surface area (Å²) in [6, 6.07) is 6.10. The zero-order valence-corrected chi connectivity index (χ0v) is 24.7. The average molecular weight is 583 g/mol. The summed E-state index contributed by atoms with van der Waals surface area (Å²) < 4.78 is 26.0. The minimum atomic E-state index is -3.16. The fourth-order valence-electron chi connectivity index (χ4n) is 5.54. The van der Waals surface area contributed by atoms with Crippen LogP contribution in [0.5, 0.6) is 0 Å². The van der Waals surface area contributed by atoms with E-state index < -0.39 is 10.0 Å². The van der Waals surface area contributed by atoms with E-state index in [4.69, 9.17) is 23.2 Å². The topological polar surface area (TPSA) is 86.7 Å². The third-order valence-corrected chi connectivity index (χ3v) is 10.8. The highest BCUT2D eigenvalue weighted by Gasteiger charge is 2.33. The van der Waals surface area contributed by atoms with Crippen LogP contribution in [0, 0.1) is 6.92 Å². The summed E-state index contributed by atoms with van der Waals surface area (Å²) in [4.78, 5) is 26.6. The van der Waals surface area contributed by atoms with Gasteiger partial charge in [0.25, 0.3) is 5.91 Å². The lowest BCUT2D eigenvalue weighted by Crippen LogP contribution is -2.52. The number of likely N-dealkylation sites (tertiary alicyclic amines) is 2. The van der Waals surface area contributed by atoms with Gasteiger partial charge < -0.3 is 9.80 Å². The number of rotatable bonds is 8. The van der Waals surface area contributed by atoms with Gasteiger partial charge in [-0.3, -0.25) is 4.79 Å². The number of carbonyl (C=O) groups excluding carboxylic acids is 1. The van der Waals surface area contributed by atoms with E-state index in [1.54, 1.807) is 24.3 Å². The fourth-order valence-corrected chi connectivity index (χ4v) is 6.93. The van der Waals surface area contributed by atoms with Crippen molar-refractivity contribution in [2.24, 2.45) is 0 Å². The van der Waals surface area contributed by atoms with Crippen LogP contribution in [0.4, 0.5) is 0 Å². The Balaban J connectivity index is 1.30. The van der Waals surface area contributed by atoms with E-state index in [1.165, 1.54) is 6.33 Å². The first-order chi connectivity index (χ1) is 18.1. The van der Waals surface area contributed by atoms with Gasteiger partial charge in [0.1, 0.15) is 12.0 Å². The summed E-state index contributed by atoms with van der Waals surface area (Å²) in [6.07, 6.45) is 6.42. The van der Waals surface area contributed by atoms with Crippen LogP contribution in [0.1, 0.15) is 59.9 Å². The van der Waals surface area contributed by atoms with Crippen molar-refractivity contribution in [3.8, 4) is 0 Å². The minimum absolute atomic E-state index is 0.0377. The van der Waals surface area contributed by atoms with Crippen LogP contribution in [0.3, 0.4) is 0 Å². The van der Waals surface area contributed by atoms with E-state index in [0.717, 1.165) is 62.0 Å². The first-order valence-electron chi connectivity index (χ1n) is 13.3. The number of halogens is 2. The lowest BCUT2D eigenvalue weighted by molar-refractivity contribution is 0.0542. The van der Waals surface area contributed by atoms with Crippen molar-refractivity contribution in [3.63, 3.8) is 0 Å². The molecule has 0 aliphatic carbocycles. The van der Waals surface area contributed by atoms with Gasteiger partial charge >= 0.3 is 0 Å². The number of carbonyl (C=O) groups is 1. The Bertz CT molecular complexity index is 1240. The van der Waals surface area contributed by atoms with Crippen LogP contribution in [-0.4, -0.2) is 89.5 Å². The van der Waals surface area contributed by atoms with Gasteiger partial charge in [0.2, 0.25) is 10.0 Å². The second kappa shape index (κ2) is 12.6. The van der Waals surface area contributed by atoms with Crippen LogP contribution in [0.2, 0.25) is 10.0 Å². The lowest BCUT2D eigenvalue weighted by Gasteiger charge is -2.43. The zero-order valence-electron chi connectivity index (χ0n) is 22.4. The highest BCUT2D eigenvalue weighted by atomic mass is 35.5. The standard InChI is InChI=1S/C27H37Cl2N5O3S/c1-4-38(36,37)32(3)21-9-13-33(14-10-21)22-11-15-34(16-12-22)27(35)26-19(2)25(30-18-31-26)8-6-20-5-7-23(28)24(29)17-20/h5,7,17-18,21-22H,4,6,8-16H2,1-3H3. The number of hydrogen-bond acceptors (Lipinski definition) is 6. The highest BCUT2D eigenvalue weighted by Crippen LogP contribution is 2.26. The molecule has 4 rings (SSSR count). The summed E-state index contributed by atoms with van der Waals surface area (Å²) >= 11 is 12.2. The van der Waals surface area contributed by atoms with Gasteiger partial charge in [0.05, 0.1) is 15.8 Å². The second-order valence-corrected chi connectivity index (χ2v) is 13.4. The highest BCUT2D eigenvalue weighted by molar-refractivity contribution is 7.89. The number of benzene rings is 1. The van der Waals surface area contributed by atoms with Crippen LogP contribution in [0.25, 0.3) is 0 Å². The van der Waals surface area contributed by atoms with Crippen molar-refractivity contribution >= 4 is 39.1 Å². The van der Waals surface area contributed by atoms with Gasteiger partial charge in [0.15, 0.2) is 0 Å². The number of hydrogen-bond donors (Lipinski definition) is 0. The molecule has 208 valence electrons. The second-order valence-electron chi connectivity index (χ2n) is 10.2. The van der Waals surface area contributed by atoms with Gasteiger partial charge in [-0.2, -0.15) is 0 Å². The molecule has 0 saturated carbocycles. The Hall–Kier alpha value is -1.78. The largest absolute Gasteiger partial charge is 0.337 e. The quantitative estimate of drug-likeness (QED) is 0.463. The maximum absolute atomic E-state index is 13.4. The predicted molar refractivity (Wildman–Crippen MR) is 151 cm³/mol. The lowest BCUT2D eigenvalue weighted by atomic mass is 9.97. The Morgan fingerprint density at radius 2 is 1.71 bits per heavy atom. The van der Waals surface area contributed by atoms with E-state index in [1.807, 2.05) is 24.0 Å². The molecule has 0 unspecified atom stereocenters. The molecule has 8 nitrogen and oxygen atoms in total. The van der Waals surface area contributed by atoms with Crippen molar-refractivity contribution in [3.05, 3.63) is 57.1 Å². The first kappa shape index (κ1) is 29.2. The molecule has 2 fully saturated rings. The van der Waals surface area contributed by atoms with Gasteiger partial charge in [-0.05, 0) is 83.2 Å². The number of nitrogens with zero attached hydrogens (tertiary/aromatic N) is 5. The fraction of sp³-hybridized carbons (Fsp3) is 0.593. The number of aromatic nitrogens is 2. The monoisotopic (exact) mass is 581 g/mol. The first-order valence-corrected chi connectivity index (χ1v) is 15.7. The molecule has 0 radical (unpaired) electrons. The molecule has 2 aromatic rings. The van der Waals surface area contributed by atoms with E-state index in [2.05, 4.69) is 14.9 Å². The average Bonchev–Trinajstić information content (AvgIpc) is 2.93. The summed E-state index contributed by atoms with van der Waals surface area (Å²) in [7, 11) is -1.46. The summed E-state index contributed by atoms with van der Waals surface area (Å²) in [5, 5.41) is 1.06. The maximum Gasteiger partial charge on any atom is 0.272 e. The van der Waals surface area contributed by atoms with Gasteiger partial charge in [-0.1, -0.05) is 29.3 Å². The van der Waals surface area contributed by atoms with E-state index in [-0.39, 0.29) is 17.7 Å². The molecular weight excluding hydrogens is 545 g/mol. The molecule has 1 aromatic carbocycles. The third kappa shape index (κ3) is 6.67. The van der Waals surface area contributed by atoms with Gasteiger partial charge in [0, 0.05) is 43.5 Å². The van der Waals surface area contributed by atoms with Crippen LogP contribution in [-0.2, 0) is 22.9 Å². The molecule has 2 saturated heterocycles. The van der Waals surface area contributed by atoms with Crippen molar-refractivity contribution in [1.82, 2.24) is 24.1 Å². The van der Waals surface area contributed by atoms with Gasteiger partial charge in [-0.25, -0.2) is 22.7 Å². The Labute approximate surface area is 236 Å². The summed E-state index contributed by atoms with van der Waals surface area (Å²) in [5.41, 5.74) is 3.23. The molecule has 1 aromatic heterocycles. The predicted octanol–water partition coefficient (Wildman–Crippen LogP) is 4.23. The number of sulfonamides is 1. The molecule has 1 amide bonds. The number of amides is 1. The third-order valence-electron chi connectivity index (χ3n) is 8.11. The minimum Gasteiger partial charge on any atom is -0.337 e. The summed E-state index contributed by atoms with van der Waals surface area (Å²) in [5.74, 6) is 0.102. The molecule has 3 heterocycles. The maximum atomic E-state index is 13.4. The normalized spacial score (nSPS) is 18.3. The molecule has 11 heteroatoms. The van der Waals surface area contributed by atoms with Crippen molar-refractivity contribution < 1.29 is 13.2 Å². The molecule has 2 aliphatic rings. The van der Waals surface area contributed by atoms with E-state index >= 15 is 0 Å². The molecule has 2 aliphatic heterocycles. The van der Waals surface area contributed by atoms with Crippen LogP contribution in [0.15, 0.2) is 24.5 Å². The van der Waals surface area contributed by atoms with Crippen molar-refractivity contribution in [2.45, 2.75) is 64.5 Å². The molecule has 38 heavy (non-hydrogen) atoms.